The highest BCUT2D eigenvalue weighted by Gasteiger charge is 2.12. The molecule has 0 bridgehead atoms. The number of benzene rings is 4. The Hall–Kier alpha value is -3.56. The van der Waals surface area contributed by atoms with Gasteiger partial charge in [-0.1, -0.05) is 78.3 Å². The fraction of sp³-hybridized carbons (Fsp3) is 0.0385. The van der Waals surface area contributed by atoms with Gasteiger partial charge in [-0.2, -0.15) is 0 Å². The van der Waals surface area contributed by atoms with Gasteiger partial charge in [-0.3, -0.25) is 0 Å². The van der Waals surface area contributed by atoms with Crippen LogP contribution in [0, 0.1) is 0 Å². The van der Waals surface area contributed by atoms with Crippen molar-refractivity contribution in [1.29, 1.82) is 0 Å². The average Bonchev–Trinajstić information content (AvgIpc) is 2.77. The first-order chi connectivity index (χ1) is 14.6. The molecule has 0 saturated carbocycles. The standard InChI is InChI=1S/C26H19ClO3/c27-22-13-9-18(10-14-22)19-11-15-23(16-12-19)30-17-3-5-21-8-7-20-4-1-2-6-24(20)25(21)26(28)29/h1-16H,17H2,(H,28,29). The number of carboxylic acids is 1. The number of aromatic carboxylic acids is 1. The number of hydrogen-bond donors (Lipinski definition) is 1. The number of hydrogen-bond acceptors (Lipinski definition) is 2. The molecule has 0 fully saturated rings. The van der Waals surface area contributed by atoms with Gasteiger partial charge >= 0.3 is 5.97 Å². The van der Waals surface area contributed by atoms with Crippen LogP contribution in [0.2, 0.25) is 5.02 Å². The second kappa shape index (κ2) is 8.85. The summed E-state index contributed by atoms with van der Waals surface area (Å²) in [5.41, 5.74) is 3.12. The smallest absolute Gasteiger partial charge is 0.336 e. The first-order valence-electron chi connectivity index (χ1n) is 9.52. The van der Waals surface area contributed by atoms with Crippen LogP contribution in [-0.4, -0.2) is 17.7 Å². The Kier molecular flexibility index (Phi) is 5.82. The molecule has 4 aromatic rings. The van der Waals surface area contributed by atoms with Gasteiger partial charge in [0.1, 0.15) is 12.4 Å². The Morgan fingerprint density at radius 2 is 1.53 bits per heavy atom. The van der Waals surface area contributed by atoms with Crippen molar-refractivity contribution in [2.75, 3.05) is 6.61 Å². The van der Waals surface area contributed by atoms with Gasteiger partial charge in [-0.05, 0) is 57.8 Å². The minimum absolute atomic E-state index is 0.302. The van der Waals surface area contributed by atoms with Crippen molar-refractivity contribution in [1.82, 2.24) is 0 Å². The Bertz CT molecular complexity index is 1210. The molecule has 0 spiro atoms. The van der Waals surface area contributed by atoms with Crippen LogP contribution in [-0.2, 0) is 0 Å². The lowest BCUT2D eigenvalue weighted by molar-refractivity contribution is 0.0699. The maximum atomic E-state index is 11.8. The quantitative estimate of drug-likeness (QED) is 0.371. The number of ether oxygens (including phenoxy) is 1. The molecular formula is C26H19ClO3. The molecule has 4 aromatic carbocycles. The molecule has 30 heavy (non-hydrogen) atoms. The van der Waals surface area contributed by atoms with E-state index in [9.17, 15) is 9.90 Å². The van der Waals surface area contributed by atoms with Gasteiger partial charge in [-0.25, -0.2) is 4.79 Å². The lowest BCUT2D eigenvalue weighted by Gasteiger charge is -2.07. The van der Waals surface area contributed by atoms with Crippen LogP contribution in [0.3, 0.4) is 0 Å². The van der Waals surface area contributed by atoms with E-state index in [1.807, 2.05) is 91.0 Å². The normalized spacial score (nSPS) is 11.1. The molecule has 4 rings (SSSR count). The van der Waals surface area contributed by atoms with E-state index < -0.39 is 5.97 Å². The highest BCUT2D eigenvalue weighted by molar-refractivity contribution is 6.30. The Balaban J connectivity index is 1.45. The maximum Gasteiger partial charge on any atom is 0.336 e. The maximum absolute atomic E-state index is 11.8. The van der Waals surface area contributed by atoms with Gasteiger partial charge in [0.2, 0.25) is 0 Å². The molecule has 0 aliphatic rings. The van der Waals surface area contributed by atoms with Crippen LogP contribution in [0.5, 0.6) is 5.75 Å². The van der Waals surface area contributed by atoms with Crippen LogP contribution in [0.1, 0.15) is 15.9 Å². The summed E-state index contributed by atoms with van der Waals surface area (Å²) in [6.45, 7) is 0.339. The number of halogens is 1. The SMILES string of the molecule is O=C(O)c1c(C=CCOc2ccc(-c3ccc(Cl)cc3)cc2)ccc2ccccc12. The topological polar surface area (TPSA) is 46.5 Å². The summed E-state index contributed by atoms with van der Waals surface area (Å²) in [5.74, 6) is -0.195. The molecule has 0 aromatic heterocycles. The molecule has 0 radical (unpaired) electrons. The van der Waals surface area contributed by atoms with E-state index >= 15 is 0 Å². The predicted molar refractivity (Wildman–Crippen MR) is 122 cm³/mol. The van der Waals surface area contributed by atoms with Crippen molar-refractivity contribution in [2.45, 2.75) is 0 Å². The van der Waals surface area contributed by atoms with Gasteiger partial charge in [0.05, 0.1) is 5.56 Å². The fourth-order valence-corrected chi connectivity index (χ4v) is 3.50. The number of carboxylic acid groups (broad SMARTS) is 1. The summed E-state index contributed by atoms with van der Waals surface area (Å²) in [6, 6.07) is 26.7. The molecule has 0 atom stereocenters. The first kappa shape index (κ1) is 19.7. The molecule has 4 heteroatoms. The summed E-state index contributed by atoms with van der Waals surface area (Å²) in [6.07, 6.45) is 3.61. The van der Waals surface area contributed by atoms with Crippen molar-refractivity contribution in [3.8, 4) is 16.9 Å². The third kappa shape index (κ3) is 4.37. The molecule has 0 aliphatic carbocycles. The lowest BCUT2D eigenvalue weighted by atomic mass is 9.98. The van der Waals surface area contributed by atoms with Gasteiger partial charge < -0.3 is 9.84 Å². The number of carbonyl (C=O) groups is 1. The van der Waals surface area contributed by atoms with E-state index in [2.05, 4.69) is 0 Å². The molecule has 0 amide bonds. The van der Waals surface area contributed by atoms with E-state index in [0.717, 1.165) is 27.6 Å². The van der Waals surface area contributed by atoms with E-state index in [1.54, 1.807) is 6.08 Å². The molecule has 3 nitrogen and oxygen atoms in total. The van der Waals surface area contributed by atoms with Gasteiger partial charge in [0, 0.05) is 5.02 Å². The Labute approximate surface area is 179 Å². The van der Waals surface area contributed by atoms with Gasteiger partial charge in [-0.15, -0.1) is 0 Å². The van der Waals surface area contributed by atoms with Crippen LogP contribution in [0.4, 0.5) is 0 Å². The average molecular weight is 415 g/mol. The Morgan fingerprint density at radius 1 is 0.867 bits per heavy atom. The van der Waals surface area contributed by atoms with Crippen LogP contribution in [0.25, 0.3) is 28.0 Å². The zero-order valence-electron chi connectivity index (χ0n) is 16.1. The molecular weight excluding hydrogens is 396 g/mol. The highest BCUT2D eigenvalue weighted by atomic mass is 35.5. The third-order valence-electron chi connectivity index (χ3n) is 4.85. The van der Waals surface area contributed by atoms with Crippen molar-refractivity contribution < 1.29 is 14.6 Å². The van der Waals surface area contributed by atoms with Gasteiger partial charge in [0.25, 0.3) is 0 Å². The molecule has 148 valence electrons. The van der Waals surface area contributed by atoms with Crippen molar-refractivity contribution >= 4 is 34.4 Å². The monoisotopic (exact) mass is 414 g/mol. The van der Waals surface area contributed by atoms with Crippen LogP contribution >= 0.6 is 11.6 Å². The summed E-state index contributed by atoms with van der Waals surface area (Å²) < 4.78 is 5.77. The predicted octanol–water partition coefficient (Wildman–Crippen LogP) is 6.95. The fourth-order valence-electron chi connectivity index (χ4n) is 3.37. The molecule has 0 unspecified atom stereocenters. The number of rotatable bonds is 6. The molecule has 0 aliphatic heterocycles. The third-order valence-corrected chi connectivity index (χ3v) is 5.10. The zero-order chi connectivity index (χ0) is 20.9. The Morgan fingerprint density at radius 3 is 2.23 bits per heavy atom. The first-order valence-corrected chi connectivity index (χ1v) is 9.90. The minimum Gasteiger partial charge on any atom is -0.490 e. The van der Waals surface area contributed by atoms with E-state index in [4.69, 9.17) is 16.3 Å². The van der Waals surface area contributed by atoms with Crippen molar-refractivity contribution in [3.63, 3.8) is 0 Å². The second-order valence-corrected chi connectivity index (χ2v) is 7.24. The van der Waals surface area contributed by atoms with E-state index in [1.165, 1.54) is 0 Å². The summed E-state index contributed by atoms with van der Waals surface area (Å²) in [4.78, 5) is 11.8. The zero-order valence-corrected chi connectivity index (χ0v) is 16.8. The highest BCUT2D eigenvalue weighted by Crippen LogP contribution is 2.25. The second-order valence-electron chi connectivity index (χ2n) is 6.80. The molecule has 1 N–H and O–H groups in total. The summed E-state index contributed by atoms with van der Waals surface area (Å²) >= 11 is 5.94. The van der Waals surface area contributed by atoms with Crippen molar-refractivity contribution in [3.05, 3.63) is 107 Å². The number of fused-ring (bicyclic) bond motifs is 1. The molecule has 0 saturated heterocycles. The lowest BCUT2D eigenvalue weighted by Crippen LogP contribution is -2.01. The van der Waals surface area contributed by atoms with E-state index in [0.29, 0.717) is 22.8 Å². The van der Waals surface area contributed by atoms with E-state index in [-0.39, 0.29) is 0 Å². The van der Waals surface area contributed by atoms with Crippen LogP contribution < -0.4 is 4.74 Å². The van der Waals surface area contributed by atoms with Crippen LogP contribution in [0.15, 0.2) is 91.0 Å². The summed E-state index contributed by atoms with van der Waals surface area (Å²) in [5, 5.41) is 12.0. The molecule has 0 heterocycles. The largest absolute Gasteiger partial charge is 0.490 e. The summed E-state index contributed by atoms with van der Waals surface area (Å²) in [7, 11) is 0. The van der Waals surface area contributed by atoms with Gasteiger partial charge in [0.15, 0.2) is 0 Å². The van der Waals surface area contributed by atoms with Crippen molar-refractivity contribution in [2.24, 2.45) is 0 Å². The minimum atomic E-state index is -0.940.